The quantitative estimate of drug-likeness (QED) is 0.775. The molecule has 3 rings (SSSR count). The van der Waals surface area contributed by atoms with Crippen molar-refractivity contribution in [2.75, 3.05) is 5.32 Å². The smallest absolute Gasteiger partial charge is 0.224 e. The minimum absolute atomic E-state index is 0.0353. The predicted molar refractivity (Wildman–Crippen MR) is 93.8 cm³/mol. The third kappa shape index (κ3) is 3.40. The van der Waals surface area contributed by atoms with Crippen molar-refractivity contribution in [2.45, 2.75) is 26.7 Å². The summed E-state index contributed by atoms with van der Waals surface area (Å²) >= 11 is 0. The maximum Gasteiger partial charge on any atom is 0.224 e. The van der Waals surface area contributed by atoms with E-state index in [1.807, 2.05) is 63.4 Å². The molecule has 0 fully saturated rings. The van der Waals surface area contributed by atoms with Crippen LogP contribution < -0.4 is 5.32 Å². The molecule has 1 aromatic carbocycles. The van der Waals surface area contributed by atoms with Gasteiger partial charge in [0.05, 0.1) is 17.1 Å². The summed E-state index contributed by atoms with van der Waals surface area (Å²) in [6.07, 6.45) is 0.937. The number of aryl methyl sites for hydroxylation is 3. The van der Waals surface area contributed by atoms with Crippen LogP contribution in [0.1, 0.15) is 23.6 Å². The van der Waals surface area contributed by atoms with Crippen LogP contribution in [0.5, 0.6) is 0 Å². The van der Waals surface area contributed by atoms with Crippen LogP contribution >= 0.6 is 0 Å². The van der Waals surface area contributed by atoms with Gasteiger partial charge in [0.1, 0.15) is 11.5 Å². The number of carbonyl (C=O) groups excluding carboxylic acids is 1. The number of hydrogen-bond acceptors (Lipinski definition) is 3. The van der Waals surface area contributed by atoms with Crippen molar-refractivity contribution in [1.82, 2.24) is 9.78 Å². The van der Waals surface area contributed by atoms with E-state index in [1.165, 1.54) is 0 Å². The molecule has 0 aliphatic rings. The zero-order chi connectivity index (χ0) is 17.1. The number of rotatable bonds is 5. The standard InChI is InChI=1S/C19H21N3O2/c1-13-19(14(2)22(3)21-13)20-18(23)12-10-16-9-11-17(24-16)15-7-5-4-6-8-15/h4-9,11H,10,12H2,1-3H3,(H,20,23). The van der Waals surface area contributed by atoms with Crippen LogP contribution in [0.25, 0.3) is 11.3 Å². The zero-order valence-corrected chi connectivity index (χ0v) is 14.2. The van der Waals surface area contributed by atoms with Crippen LogP contribution in [0.15, 0.2) is 46.9 Å². The SMILES string of the molecule is Cc1nn(C)c(C)c1NC(=O)CCc1ccc(-c2ccccc2)o1. The number of anilines is 1. The molecule has 0 spiro atoms. The summed E-state index contributed by atoms with van der Waals surface area (Å²) in [5.74, 6) is 1.60. The zero-order valence-electron chi connectivity index (χ0n) is 14.2. The minimum Gasteiger partial charge on any atom is -0.461 e. The van der Waals surface area contributed by atoms with Crippen LogP contribution in [-0.4, -0.2) is 15.7 Å². The van der Waals surface area contributed by atoms with Crippen molar-refractivity contribution in [3.8, 4) is 11.3 Å². The third-order valence-corrected chi connectivity index (χ3v) is 4.09. The van der Waals surface area contributed by atoms with Gasteiger partial charge in [-0.05, 0) is 26.0 Å². The molecule has 5 heteroatoms. The molecule has 0 radical (unpaired) electrons. The number of carbonyl (C=O) groups is 1. The lowest BCUT2D eigenvalue weighted by atomic mass is 10.2. The topological polar surface area (TPSA) is 60.1 Å². The lowest BCUT2D eigenvalue weighted by molar-refractivity contribution is -0.116. The van der Waals surface area contributed by atoms with Gasteiger partial charge >= 0.3 is 0 Å². The fourth-order valence-corrected chi connectivity index (χ4v) is 2.66. The molecule has 0 aliphatic heterocycles. The molecule has 0 saturated carbocycles. The maximum atomic E-state index is 12.2. The van der Waals surface area contributed by atoms with Gasteiger partial charge in [-0.2, -0.15) is 5.10 Å². The van der Waals surface area contributed by atoms with Gasteiger partial charge in [-0.3, -0.25) is 9.48 Å². The van der Waals surface area contributed by atoms with Crippen molar-refractivity contribution in [1.29, 1.82) is 0 Å². The Bertz CT molecular complexity index is 847. The first-order chi connectivity index (χ1) is 11.5. The lowest BCUT2D eigenvalue weighted by Crippen LogP contribution is -2.13. The van der Waals surface area contributed by atoms with Gasteiger partial charge in [0.25, 0.3) is 0 Å². The van der Waals surface area contributed by atoms with Crippen molar-refractivity contribution >= 4 is 11.6 Å². The van der Waals surface area contributed by atoms with Gasteiger partial charge in [0.2, 0.25) is 5.91 Å². The molecule has 2 heterocycles. The molecule has 0 bridgehead atoms. The average molecular weight is 323 g/mol. The fourth-order valence-electron chi connectivity index (χ4n) is 2.66. The Morgan fingerprint density at radius 3 is 2.58 bits per heavy atom. The van der Waals surface area contributed by atoms with Crippen molar-refractivity contribution in [3.63, 3.8) is 0 Å². The Labute approximate surface area is 141 Å². The van der Waals surface area contributed by atoms with E-state index in [2.05, 4.69) is 10.4 Å². The Balaban J connectivity index is 1.60. The summed E-state index contributed by atoms with van der Waals surface area (Å²) in [6.45, 7) is 3.83. The number of nitrogens with one attached hydrogen (secondary N) is 1. The first-order valence-electron chi connectivity index (χ1n) is 7.99. The van der Waals surface area contributed by atoms with Crippen LogP contribution in [0.3, 0.4) is 0 Å². The molecule has 1 N–H and O–H groups in total. The Morgan fingerprint density at radius 2 is 1.92 bits per heavy atom. The van der Waals surface area contributed by atoms with Gasteiger partial charge in [-0.15, -0.1) is 0 Å². The van der Waals surface area contributed by atoms with E-state index in [4.69, 9.17) is 4.42 Å². The maximum absolute atomic E-state index is 12.2. The summed E-state index contributed by atoms with van der Waals surface area (Å²) in [6, 6.07) is 13.8. The fraction of sp³-hybridized carbons (Fsp3) is 0.263. The largest absolute Gasteiger partial charge is 0.461 e. The molecule has 0 saturated heterocycles. The summed E-state index contributed by atoms with van der Waals surface area (Å²) < 4.78 is 7.59. The highest BCUT2D eigenvalue weighted by molar-refractivity contribution is 5.92. The van der Waals surface area contributed by atoms with E-state index in [0.29, 0.717) is 12.8 Å². The highest BCUT2D eigenvalue weighted by Crippen LogP contribution is 2.23. The summed E-state index contributed by atoms with van der Waals surface area (Å²) in [7, 11) is 1.87. The van der Waals surface area contributed by atoms with Gasteiger partial charge in [0, 0.05) is 25.5 Å². The number of furan rings is 1. The van der Waals surface area contributed by atoms with Gasteiger partial charge < -0.3 is 9.73 Å². The first-order valence-corrected chi connectivity index (χ1v) is 7.99. The van der Waals surface area contributed by atoms with Crippen LogP contribution in [0.2, 0.25) is 0 Å². The Hall–Kier alpha value is -2.82. The Morgan fingerprint density at radius 1 is 1.17 bits per heavy atom. The van der Waals surface area contributed by atoms with Crippen LogP contribution in [-0.2, 0) is 18.3 Å². The molecular weight excluding hydrogens is 302 g/mol. The minimum atomic E-state index is -0.0353. The number of benzene rings is 1. The van der Waals surface area contributed by atoms with Gasteiger partial charge in [0.15, 0.2) is 0 Å². The molecule has 0 unspecified atom stereocenters. The second-order valence-corrected chi connectivity index (χ2v) is 5.85. The van der Waals surface area contributed by atoms with Gasteiger partial charge in [-0.25, -0.2) is 0 Å². The van der Waals surface area contributed by atoms with Crippen molar-refractivity contribution in [2.24, 2.45) is 7.05 Å². The molecule has 5 nitrogen and oxygen atoms in total. The number of nitrogens with zero attached hydrogens (tertiary/aromatic N) is 2. The van der Waals surface area contributed by atoms with E-state index in [1.54, 1.807) is 4.68 Å². The summed E-state index contributed by atoms with van der Waals surface area (Å²) in [5, 5.41) is 7.25. The summed E-state index contributed by atoms with van der Waals surface area (Å²) in [5.41, 5.74) is 3.61. The van der Waals surface area contributed by atoms with E-state index < -0.39 is 0 Å². The van der Waals surface area contributed by atoms with E-state index in [-0.39, 0.29) is 5.91 Å². The van der Waals surface area contributed by atoms with Crippen LogP contribution in [0, 0.1) is 13.8 Å². The van der Waals surface area contributed by atoms with Crippen molar-refractivity contribution in [3.05, 3.63) is 59.6 Å². The molecule has 1 amide bonds. The molecule has 2 aromatic heterocycles. The van der Waals surface area contributed by atoms with E-state index >= 15 is 0 Å². The highest BCUT2D eigenvalue weighted by atomic mass is 16.3. The molecular formula is C19H21N3O2. The molecule has 0 atom stereocenters. The third-order valence-electron chi connectivity index (χ3n) is 4.09. The lowest BCUT2D eigenvalue weighted by Gasteiger charge is -2.05. The van der Waals surface area contributed by atoms with Crippen LogP contribution in [0.4, 0.5) is 5.69 Å². The predicted octanol–water partition coefficient (Wildman–Crippen LogP) is 3.87. The molecule has 3 aromatic rings. The van der Waals surface area contributed by atoms with Gasteiger partial charge in [-0.1, -0.05) is 30.3 Å². The van der Waals surface area contributed by atoms with Crippen molar-refractivity contribution < 1.29 is 9.21 Å². The summed E-state index contributed by atoms with van der Waals surface area (Å²) in [4.78, 5) is 12.2. The second kappa shape index (κ2) is 6.74. The molecule has 0 aliphatic carbocycles. The Kier molecular flexibility index (Phi) is 4.51. The normalized spacial score (nSPS) is 10.8. The highest BCUT2D eigenvalue weighted by Gasteiger charge is 2.13. The number of aromatic nitrogens is 2. The molecule has 24 heavy (non-hydrogen) atoms. The average Bonchev–Trinajstić information content (AvgIpc) is 3.15. The second-order valence-electron chi connectivity index (χ2n) is 5.85. The van der Waals surface area contributed by atoms with E-state index in [0.717, 1.165) is 34.2 Å². The van der Waals surface area contributed by atoms with E-state index in [9.17, 15) is 4.79 Å². The number of amides is 1. The first kappa shape index (κ1) is 16.1. The monoisotopic (exact) mass is 323 g/mol. The number of hydrogen-bond donors (Lipinski definition) is 1. The molecule has 124 valence electrons.